The van der Waals surface area contributed by atoms with Crippen LogP contribution in [0.1, 0.15) is 82.8 Å². The minimum atomic E-state index is -2.15. The number of nitrogens with one attached hydrogen (secondary N) is 1. The minimum absolute atomic E-state index is 0.0576. The predicted molar refractivity (Wildman–Crippen MR) is 198 cm³/mol. The van der Waals surface area contributed by atoms with Gasteiger partial charge in [-0.1, -0.05) is 50.3 Å². The van der Waals surface area contributed by atoms with Crippen LogP contribution in [0.25, 0.3) is 0 Å². The number of carbonyl (C=O) groups is 2. The first kappa shape index (κ1) is 37.2. The van der Waals surface area contributed by atoms with Crippen molar-refractivity contribution in [3.8, 4) is 0 Å². The Morgan fingerprint density at radius 2 is 1.78 bits per heavy atom. The zero-order valence-corrected chi connectivity index (χ0v) is 31.8. The maximum atomic E-state index is 13.9. The van der Waals surface area contributed by atoms with E-state index in [0.717, 1.165) is 29.4 Å². The van der Waals surface area contributed by atoms with Crippen molar-refractivity contribution in [3.63, 3.8) is 0 Å². The van der Waals surface area contributed by atoms with Gasteiger partial charge in [-0.25, -0.2) is 4.79 Å². The van der Waals surface area contributed by atoms with E-state index in [0.29, 0.717) is 44.9 Å². The van der Waals surface area contributed by atoms with Gasteiger partial charge in [-0.05, 0) is 118 Å². The van der Waals surface area contributed by atoms with Crippen molar-refractivity contribution in [2.75, 3.05) is 7.05 Å². The number of hydrogen-bond acceptors (Lipinski definition) is 10. The third kappa shape index (κ3) is 4.48. The molecule has 54 heavy (non-hydrogen) atoms. The Morgan fingerprint density at radius 3 is 2.50 bits per heavy atom. The molecule has 7 aliphatic carbocycles. The largest absolute Gasteiger partial charge is 0.454 e. The number of aliphatic hydroxyl groups excluding tert-OH is 3. The summed E-state index contributed by atoms with van der Waals surface area (Å²) >= 11 is 0. The summed E-state index contributed by atoms with van der Waals surface area (Å²) in [7, 11) is 1.89. The molecule has 10 heteroatoms. The molecular formula is C44H59NO9. The topological polar surface area (TPSA) is 177 Å². The Hall–Kier alpha value is -2.44. The number of aliphatic hydroxyl groups is 6. The first-order chi connectivity index (χ1) is 25.7. The average Bonchev–Trinajstić information content (AvgIpc) is 3.60. The minimum Gasteiger partial charge on any atom is -0.454 e. The normalized spacial score (nSPS) is 51.9. The van der Waals surface area contributed by atoms with E-state index in [9.17, 15) is 40.2 Å². The van der Waals surface area contributed by atoms with Crippen LogP contribution in [0.4, 0.5) is 0 Å². The predicted octanol–water partition coefficient (Wildman–Crippen LogP) is 3.00. The number of allylic oxidation sites excluding steroid dienone is 2. The molecule has 1 heterocycles. The summed E-state index contributed by atoms with van der Waals surface area (Å²) in [5, 5.41) is 78.7. The van der Waals surface area contributed by atoms with Gasteiger partial charge in [-0.2, -0.15) is 0 Å². The number of aldehydes is 1. The molecule has 6 fully saturated rings. The van der Waals surface area contributed by atoms with Gasteiger partial charge < -0.3 is 45.5 Å². The van der Waals surface area contributed by atoms with E-state index in [4.69, 9.17) is 4.74 Å². The van der Waals surface area contributed by atoms with E-state index in [1.807, 2.05) is 38.2 Å². The Labute approximate surface area is 318 Å². The fourth-order valence-corrected chi connectivity index (χ4v) is 15.3. The lowest BCUT2D eigenvalue weighted by atomic mass is 9.35. The molecule has 0 saturated heterocycles. The lowest BCUT2D eigenvalue weighted by Crippen LogP contribution is -2.85. The Morgan fingerprint density at radius 1 is 1.02 bits per heavy atom. The number of carbonyl (C=O) groups excluding carboxylic acids is 2. The molecule has 7 N–H and O–H groups in total. The van der Waals surface area contributed by atoms with Crippen LogP contribution in [0, 0.1) is 64.1 Å². The van der Waals surface area contributed by atoms with E-state index in [-0.39, 0.29) is 61.0 Å². The van der Waals surface area contributed by atoms with E-state index < -0.39 is 69.7 Å². The second kappa shape index (κ2) is 12.5. The second-order valence-corrected chi connectivity index (χ2v) is 19.3. The summed E-state index contributed by atoms with van der Waals surface area (Å²) in [4.78, 5) is 27.1. The monoisotopic (exact) mass is 745 g/mol. The molecule has 0 bridgehead atoms. The van der Waals surface area contributed by atoms with Gasteiger partial charge in [0.1, 0.15) is 23.6 Å². The Kier molecular flexibility index (Phi) is 8.62. The van der Waals surface area contributed by atoms with Crippen LogP contribution in [-0.4, -0.2) is 91.1 Å². The van der Waals surface area contributed by atoms with Gasteiger partial charge in [0.05, 0.1) is 29.8 Å². The van der Waals surface area contributed by atoms with Gasteiger partial charge >= 0.3 is 5.97 Å². The van der Waals surface area contributed by atoms with Crippen LogP contribution >= 0.6 is 0 Å². The third-order valence-corrected chi connectivity index (χ3v) is 17.7. The quantitative estimate of drug-likeness (QED) is 0.130. The number of ether oxygens (including phenoxy) is 1. The zero-order chi connectivity index (χ0) is 38.2. The van der Waals surface area contributed by atoms with Crippen LogP contribution in [-0.2, 0) is 27.4 Å². The van der Waals surface area contributed by atoms with Gasteiger partial charge in [0.2, 0.25) is 0 Å². The fraction of sp³-hybridized carbons (Fsp3) is 0.727. The number of fused-ring (bicyclic) bond motifs is 9. The number of likely N-dealkylation sites (N-methyl/N-ethyl adjacent to an activating group) is 1. The Bertz CT molecular complexity index is 1760. The molecule has 1 aromatic rings. The van der Waals surface area contributed by atoms with Gasteiger partial charge in [0.15, 0.2) is 0 Å². The van der Waals surface area contributed by atoms with Crippen LogP contribution in [0.2, 0.25) is 0 Å². The highest BCUT2D eigenvalue weighted by Crippen LogP contribution is 2.76. The van der Waals surface area contributed by atoms with Crippen LogP contribution < -0.4 is 5.32 Å². The molecule has 1 aliphatic heterocycles. The summed E-state index contributed by atoms with van der Waals surface area (Å²) in [6.45, 7) is 4.08. The molecule has 0 radical (unpaired) electrons. The van der Waals surface area contributed by atoms with E-state index in [1.54, 1.807) is 6.08 Å². The summed E-state index contributed by atoms with van der Waals surface area (Å²) in [6.07, 6.45) is 8.07. The first-order valence-electron chi connectivity index (χ1n) is 20.7. The summed E-state index contributed by atoms with van der Waals surface area (Å²) < 4.78 is 6.11. The van der Waals surface area contributed by atoms with Gasteiger partial charge in [-0.15, -0.1) is 0 Å². The molecule has 8 aliphatic rings. The van der Waals surface area contributed by atoms with Crippen molar-refractivity contribution in [1.29, 1.82) is 0 Å². The first-order valence-corrected chi connectivity index (χ1v) is 20.7. The molecule has 1 aromatic carbocycles. The molecule has 10 nitrogen and oxygen atoms in total. The average molecular weight is 746 g/mol. The van der Waals surface area contributed by atoms with E-state index in [2.05, 4.69) is 24.4 Å². The molecule has 0 unspecified atom stereocenters. The number of hydrogen-bond donors (Lipinski definition) is 7. The zero-order valence-electron chi connectivity index (χ0n) is 31.8. The molecular weight excluding hydrogens is 686 g/mol. The maximum Gasteiger partial charge on any atom is 0.331 e. The lowest BCUT2D eigenvalue weighted by molar-refractivity contribution is -0.373. The second-order valence-electron chi connectivity index (χ2n) is 19.3. The van der Waals surface area contributed by atoms with E-state index >= 15 is 0 Å². The summed E-state index contributed by atoms with van der Waals surface area (Å²) in [6, 6.07) is 7.63. The maximum absolute atomic E-state index is 13.9. The highest BCUT2D eigenvalue weighted by atomic mass is 16.5. The van der Waals surface area contributed by atoms with Gasteiger partial charge in [0.25, 0.3) is 0 Å². The summed E-state index contributed by atoms with van der Waals surface area (Å²) in [5.41, 5.74) is -5.57. The highest BCUT2D eigenvalue weighted by Gasteiger charge is 2.85. The van der Waals surface area contributed by atoms with Crippen LogP contribution in [0.5, 0.6) is 0 Å². The smallest absolute Gasteiger partial charge is 0.331 e. The fourth-order valence-electron chi connectivity index (χ4n) is 15.3. The lowest BCUT2D eigenvalue weighted by Gasteiger charge is -2.72. The molecule has 18 atom stereocenters. The molecule has 9 rings (SSSR count). The van der Waals surface area contributed by atoms with Gasteiger partial charge in [-0.3, -0.25) is 0 Å². The molecule has 0 aromatic heterocycles. The number of rotatable bonds is 6. The molecule has 6 saturated carbocycles. The standard InChI is InChI=1S/C44H59NO9/c1-23-7-6-10-25-16-31-34(48)11-14-41(22-47)35-12-13-40(2)37-27(20-42(40,51)44(35,53)39(50)32(18-28(23)25)43(31,41)52)15-29(38-30(37)19-36(49)54-38)33(45-3)17-24-8-4-5-9-26(24)21-46/h4-6,8-10,19,22-23,25,27-29,31-35,37-39,45-46,48,50-53H,7,11-18,20-21H2,1-3H3/t23-,25+,27+,28+,29+,31+,32+,33-,34+,35-,37-,38+,39+,40+,41-,42-,43-,44+/m1/s1. The third-order valence-electron chi connectivity index (χ3n) is 17.7. The number of esters is 1. The van der Waals surface area contributed by atoms with Crippen LogP contribution in [0.15, 0.2) is 48.1 Å². The Balaban J connectivity index is 1.14. The summed E-state index contributed by atoms with van der Waals surface area (Å²) in [5.74, 6) is -3.26. The van der Waals surface area contributed by atoms with Crippen molar-refractivity contribution in [3.05, 3.63) is 59.2 Å². The van der Waals surface area contributed by atoms with Crippen molar-refractivity contribution < 1.29 is 45.0 Å². The van der Waals surface area contributed by atoms with Crippen molar-refractivity contribution in [2.45, 2.75) is 126 Å². The molecule has 0 amide bonds. The van der Waals surface area contributed by atoms with E-state index in [1.165, 1.54) is 0 Å². The molecule has 0 spiro atoms. The molecule has 294 valence electrons. The van der Waals surface area contributed by atoms with Gasteiger partial charge in [0, 0.05) is 41.2 Å². The van der Waals surface area contributed by atoms with Crippen LogP contribution in [0.3, 0.4) is 0 Å². The SMILES string of the molecule is CN[C@H](Cc1ccccc1CO)[C@@H]1C[C@H]2C[C@]3(O)[C@@]4(O)[C@@H](O)[C@@H]5C[C@H]6[C@H](C)CC=C[C@H]6C[C@H]6[C@@H](O)CC[C@@](C=O)([C@H]4CC[C@@]3(C)[C@H]2C2=CC(=O)O[C@H]21)[C@@]65O. The number of benzene rings is 1. The van der Waals surface area contributed by atoms with Crippen molar-refractivity contribution in [1.82, 2.24) is 5.32 Å². The van der Waals surface area contributed by atoms with Crippen molar-refractivity contribution in [2.24, 2.45) is 64.1 Å². The van der Waals surface area contributed by atoms with Crippen molar-refractivity contribution >= 4 is 12.3 Å². The highest BCUT2D eigenvalue weighted by molar-refractivity contribution is 5.86.